The number of unbranched alkanes of at least 4 members (excludes halogenated alkanes) is 2. The molecule has 0 aromatic heterocycles. The number of nitrogen functional groups attached to an aromatic ring is 2. The summed E-state index contributed by atoms with van der Waals surface area (Å²) < 4.78 is 12.5. The molecule has 0 heterocycles. The Labute approximate surface area is 325 Å². The summed E-state index contributed by atoms with van der Waals surface area (Å²) in [7, 11) is 0. The molecule has 4 fully saturated rings. The van der Waals surface area contributed by atoms with Crippen molar-refractivity contribution in [3.63, 3.8) is 0 Å². The van der Waals surface area contributed by atoms with Crippen molar-refractivity contribution in [1.82, 2.24) is 0 Å². The van der Waals surface area contributed by atoms with Crippen LogP contribution in [0.4, 0.5) is 11.4 Å². The predicted molar refractivity (Wildman–Crippen MR) is 224 cm³/mol. The molecule has 0 radical (unpaired) electrons. The summed E-state index contributed by atoms with van der Waals surface area (Å²) in [5.74, 6) is 8.49. The van der Waals surface area contributed by atoms with Crippen LogP contribution in [0, 0.1) is 46.3 Å². The van der Waals surface area contributed by atoms with Gasteiger partial charge >= 0.3 is 0 Å². The summed E-state index contributed by atoms with van der Waals surface area (Å²) >= 11 is 0. The Bertz CT molecular complexity index is 1760. The summed E-state index contributed by atoms with van der Waals surface area (Å²) in [6, 6.07) is 33.3. The number of hydrogen-bond acceptors (Lipinski definition) is 4. The van der Waals surface area contributed by atoms with Gasteiger partial charge in [0, 0.05) is 16.8 Å². The van der Waals surface area contributed by atoms with E-state index >= 15 is 0 Å². The third-order valence-corrected chi connectivity index (χ3v) is 15.8. The molecule has 4 nitrogen and oxygen atoms in total. The summed E-state index contributed by atoms with van der Waals surface area (Å²) in [5.41, 5.74) is 17.0. The van der Waals surface area contributed by atoms with Crippen LogP contribution >= 0.6 is 0 Å². The first-order valence-corrected chi connectivity index (χ1v) is 21.4. The Hall–Kier alpha value is -3.92. The summed E-state index contributed by atoms with van der Waals surface area (Å²) in [6.07, 6.45) is 17.8. The molecule has 0 amide bonds. The fourth-order valence-corrected chi connectivity index (χ4v) is 12.9. The molecule has 4 saturated carbocycles. The minimum Gasteiger partial charge on any atom is -0.457 e. The summed E-state index contributed by atoms with van der Waals surface area (Å²) in [4.78, 5) is 0. The summed E-state index contributed by atoms with van der Waals surface area (Å²) in [5, 5.41) is 0. The van der Waals surface area contributed by atoms with Crippen molar-refractivity contribution in [3.8, 4) is 23.0 Å². The van der Waals surface area contributed by atoms with Gasteiger partial charge in [-0.05, 0) is 188 Å². The van der Waals surface area contributed by atoms with Crippen molar-refractivity contribution in [2.45, 2.75) is 117 Å². The van der Waals surface area contributed by atoms with E-state index < -0.39 is 0 Å². The van der Waals surface area contributed by atoms with Crippen LogP contribution in [0.3, 0.4) is 0 Å². The Morgan fingerprint density at radius 1 is 0.593 bits per heavy atom. The van der Waals surface area contributed by atoms with E-state index in [4.69, 9.17) is 20.9 Å². The van der Waals surface area contributed by atoms with Crippen molar-refractivity contribution in [2.24, 2.45) is 46.3 Å². The van der Waals surface area contributed by atoms with Gasteiger partial charge in [0.15, 0.2) is 0 Å². The number of hydrogen-bond donors (Lipinski definition) is 2. The maximum Gasteiger partial charge on any atom is 0.127 e. The van der Waals surface area contributed by atoms with E-state index in [1.54, 1.807) is 0 Å². The maximum absolute atomic E-state index is 6.26. The Morgan fingerprint density at radius 3 is 1.65 bits per heavy atom. The van der Waals surface area contributed by atoms with Crippen LogP contribution in [-0.2, 0) is 5.41 Å². The first kappa shape index (κ1) is 37.0. The van der Waals surface area contributed by atoms with Crippen LogP contribution in [0.25, 0.3) is 0 Å². The van der Waals surface area contributed by atoms with Gasteiger partial charge in [0.05, 0.1) is 0 Å². The molecule has 7 unspecified atom stereocenters. The van der Waals surface area contributed by atoms with Gasteiger partial charge in [-0.1, -0.05) is 77.6 Å². The molecule has 0 spiro atoms. The van der Waals surface area contributed by atoms with Gasteiger partial charge in [0.25, 0.3) is 0 Å². The number of rotatable bonds is 11. The van der Waals surface area contributed by atoms with E-state index in [2.05, 4.69) is 76.2 Å². The highest BCUT2D eigenvalue weighted by atomic mass is 16.5. The zero-order valence-corrected chi connectivity index (χ0v) is 33.4. The molecule has 4 aromatic carbocycles. The largest absolute Gasteiger partial charge is 0.457 e. The van der Waals surface area contributed by atoms with E-state index in [1.165, 1.54) is 94.6 Å². The maximum atomic E-state index is 6.26. The van der Waals surface area contributed by atoms with E-state index in [0.717, 1.165) is 64.0 Å². The molecular weight excluding hydrogens is 661 g/mol. The first-order chi connectivity index (χ1) is 26.1. The van der Waals surface area contributed by atoms with Crippen LogP contribution in [-0.4, -0.2) is 0 Å². The summed E-state index contributed by atoms with van der Waals surface area (Å²) in [6.45, 7) is 10.4. The minimum absolute atomic E-state index is 0.0635. The lowest BCUT2D eigenvalue weighted by atomic mass is 9.42. The van der Waals surface area contributed by atoms with E-state index in [1.807, 2.05) is 48.5 Å². The number of anilines is 2. The van der Waals surface area contributed by atoms with Gasteiger partial charge < -0.3 is 20.9 Å². The average Bonchev–Trinajstić information content (AvgIpc) is 3.54. The van der Waals surface area contributed by atoms with Gasteiger partial charge in [-0.3, -0.25) is 0 Å². The fraction of sp³-hybridized carbons (Fsp3) is 0.520. The highest BCUT2D eigenvalue weighted by Crippen LogP contribution is 2.70. The Kier molecular flexibility index (Phi) is 10.3. The van der Waals surface area contributed by atoms with Crippen LogP contribution in [0.2, 0.25) is 0 Å². The smallest absolute Gasteiger partial charge is 0.127 e. The number of ether oxygens (including phenoxy) is 2. The number of fused-ring (bicyclic) bond motifs is 5. The third kappa shape index (κ3) is 6.81. The Balaban J connectivity index is 1.06. The van der Waals surface area contributed by atoms with Crippen molar-refractivity contribution in [3.05, 3.63) is 108 Å². The van der Waals surface area contributed by atoms with E-state index in [9.17, 15) is 0 Å². The van der Waals surface area contributed by atoms with Gasteiger partial charge in [0.1, 0.15) is 23.0 Å². The highest BCUT2D eigenvalue weighted by molar-refractivity contribution is 5.48. The second kappa shape index (κ2) is 15.0. The highest BCUT2D eigenvalue weighted by Gasteiger charge is 2.62. The molecule has 4 aliphatic rings. The predicted octanol–water partition coefficient (Wildman–Crippen LogP) is 13.6. The van der Waals surface area contributed by atoms with E-state index in [-0.39, 0.29) is 5.41 Å². The third-order valence-electron chi connectivity index (χ3n) is 15.8. The molecule has 54 heavy (non-hydrogen) atoms. The van der Waals surface area contributed by atoms with Gasteiger partial charge in [-0.15, -0.1) is 0 Å². The van der Waals surface area contributed by atoms with Crippen molar-refractivity contribution >= 4 is 11.4 Å². The fourth-order valence-electron chi connectivity index (χ4n) is 12.9. The molecule has 0 saturated heterocycles. The second-order valence-electron chi connectivity index (χ2n) is 18.5. The molecule has 4 heteroatoms. The molecule has 8 atom stereocenters. The molecule has 8 rings (SSSR count). The lowest BCUT2D eigenvalue weighted by Gasteiger charge is -2.63. The lowest BCUT2D eigenvalue weighted by Crippen LogP contribution is -2.55. The van der Waals surface area contributed by atoms with Crippen LogP contribution < -0.4 is 20.9 Å². The molecule has 4 N–H and O–H groups in total. The van der Waals surface area contributed by atoms with Gasteiger partial charge in [-0.2, -0.15) is 0 Å². The zero-order chi connectivity index (χ0) is 37.5. The minimum atomic E-state index is -0.0635. The molecule has 4 aliphatic carbocycles. The SMILES string of the molecule is CCCCCC(C)C1CCC2C3CCC4CC(c5ccc(Oc6ccc(N)cc6)cc5)(c5ccc(Oc6ccc(N)cc6)cc5)CCC4(C)[C@H]3CCC12C. The van der Waals surface area contributed by atoms with Crippen LogP contribution in [0.1, 0.15) is 122 Å². The van der Waals surface area contributed by atoms with Crippen molar-refractivity contribution in [1.29, 1.82) is 0 Å². The lowest BCUT2D eigenvalue weighted by molar-refractivity contribution is -0.122. The standard InChI is InChI=1S/C50H64N2O2/c1-5-6-7-8-34(2)45-27-28-46-44-26-13-37-33-50(32-31-48(37,3)47(44)29-30-49(45,46)4,35-9-18-40(19-10-35)53-42-22-14-38(51)15-23-42)36-11-20-41(21-12-36)54-43-24-16-39(52)17-25-43/h9-12,14-25,34,37,44-47H,5-8,13,26-33,51-52H2,1-4H3/t34?,37?,44?,45?,46?,47-,48?,49?/m0/s1. The topological polar surface area (TPSA) is 70.5 Å². The van der Waals surface area contributed by atoms with Crippen LogP contribution in [0.15, 0.2) is 97.1 Å². The first-order valence-electron chi connectivity index (χ1n) is 21.4. The quantitative estimate of drug-likeness (QED) is 0.119. The van der Waals surface area contributed by atoms with Crippen molar-refractivity contribution < 1.29 is 9.47 Å². The van der Waals surface area contributed by atoms with Crippen LogP contribution in [0.5, 0.6) is 23.0 Å². The number of benzene rings is 4. The molecule has 0 aliphatic heterocycles. The monoisotopic (exact) mass is 724 g/mol. The second-order valence-corrected chi connectivity index (χ2v) is 18.5. The zero-order valence-electron chi connectivity index (χ0n) is 33.4. The Morgan fingerprint density at radius 2 is 1.11 bits per heavy atom. The normalized spacial score (nSPS) is 30.4. The average molecular weight is 725 g/mol. The molecule has 286 valence electrons. The van der Waals surface area contributed by atoms with Gasteiger partial charge in [0.2, 0.25) is 0 Å². The molecular formula is C50H64N2O2. The van der Waals surface area contributed by atoms with E-state index in [0.29, 0.717) is 16.7 Å². The molecule has 0 bridgehead atoms. The van der Waals surface area contributed by atoms with Crippen molar-refractivity contribution in [2.75, 3.05) is 11.5 Å². The van der Waals surface area contributed by atoms with Gasteiger partial charge in [-0.25, -0.2) is 0 Å². The molecule has 4 aromatic rings. The number of nitrogens with two attached hydrogens (primary N) is 2.